The molecule has 0 unspecified atom stereocenters. The third-order valence-electron chi connectivity index (χ3n) is 7.14. The molecule has 0 radical (unpaired) electrons. The lowest BCUT2D eigenvalue weighted by molar-refractivity contribution is 0.139. The minimum atomic E-state index is 0.0361. The standard InChI is InChI=1S/C27H36N6O/c1-21-18-32(26-9-8-25(16-28)17-30-26)19-22(2)33(21)27(34)29-13-10-23-11-14-31(15-12-23)20-24-6-4-3-5-7-24/h3-9,17,21-23H,10-15,18-20H2,1-2H3,(H,29,34)/t21-,22-/m1/s1. The van der Waals surface area contributed by atoms with Gasteiger partial charge in [0.05, 0.1) is 5.56 Å². The van der Waals surface area contributed by atoms with Gasteiger partial charge >= 0.3 is 6.03 Å². The summed E-state index contributed by atoms with van der Waals surface area (Å²) in [6.45, 7) is 9.68. The second-order valence-electron chi connectivity index (χ2n) is 9.75. The smallest absolute Gasteiger partial charge is 0.318 e. The Morgan fingerprint density at radius 1 is 1.09 bits per heavy atom. The summed E-state index contributed by atoms with van der Waals surface area (Å²) in [4.78, 5) is 24.1. The summed E-state index contributed by atoms with van der Waals surface area (Å²) in [5.41, 5.74) is 1.94. The molecular weight excluding hydrogens is 424 g/mol. The van der Waals surface area contributed by atoms with E-state index in [1.807, 2.05) is 11.0 Å². The minimum absolute atomic E-state index is 0.0361. The Labute approximate surface area is 203 Å². The molecule has 2 aromatic rings. The van der Waals surface area contributed by atoms with Gasteiger partial charge in [-0.2, -0.15) is 5.26 Å². The van der Waals surface area contributed by atoms with E-state index in [1.54, 1.807) is 12.3 Å². The van der Waals surface area contributed by atoms with Gasteiger partial charge in [-0.15, -0.1) is 0 Å². The summed E-state index contributed by atoms with van der Waals surface area (Å²) < 4.78 is 0. The van der Waals surface area contributed by atoms with E-state index in [-0.39, 0.29) is 18.1 Å². The van der Waals surface area contributed by atoms with Crippen LogP contribution in [0.5, 0.6) is 0 Å². The molecule has 2 aliphatic rings. The quantitative estimate of drug-likeness (QED) is 0.708. The van der Waals surface area contributed by atoms with Gasteiger partial charge in [-0.3, -0.25) is 4.90 Å². The average Bonchev–Trinajstić information content (AvgIpc) is 2.85. The average molecular weight is 461 g/mol. The van der Waals surface area contributed by atoms with Crippen LogP contribution in [0.1, 0.15) is 44.2 Å². The third-order valence-corrected chi connectivity index (χ3v) is 7.14. The summed E-state index contributed by atoms with van der Waals surface area (Å²) in [5, 5.41) is 12.2. The first kappa shape index (κ1) is 24.0. The van der Waals surface area contributed by atoms with Gasteiger partial charge in [0.25, 0.3) is 0 Å². The Hall–Kier alpha value is -3.11. The summed E-state index contributed by atoms with van der Waals surface area (Å²) >= 11 is 0. The van der Waals surface area contributed by atoms with E-state index in [1.165, 1.54) is 18.4 Å². The molecule has 1 aromatic heterocycles. The molecule has 1 N–H and O–H groups in total. The molecule has 0 saturated carbocycles. The van der Waals surface area contributed by atoms with Crippen molar-refractivity contribution in [1.29, 1.82) is 5.26 Å². The molecule has 0 spiro atoms. The Bertz CT molecular complexity index is 953. The van der Waals surface area contributed by atoms with Crippen molar-refractivity contribution in [3.8, 4) is 6.07 Å². The lowest BCUT2D eigenvalue weighted by Crippen LogP contribution is -2.61. The molecule has 1 aromatic carbocycles. The maximum atomic E-state index is 13.0. The van der Waals surface area contributed by atoms with E-state index < -0.39 is 0 Å². The van der Waals surface area contributed by atoms with Crippen LogP contribution in [0.3, 0.4) is 0 Å². The number of carbonyl (C=O) groups excluding carboxylic acids is 1. The highest BCUT2D eigenvalue weighted by Gasteiger charge is 2.33. The highest BCUT2D eigenvalue weighted by Crippen LogP contribution is 2.23. The van der Waals surface area contributed by atoms with Crippen LogP contribution in [0.15, 0.2) is 48.7 Å². The third kappa shape index (κ3) is 6.06. The highest BCUT2D eigenvalue weighted by atomic mass is 16.2. The number of likely N-dealkylation sites (tertiary alicyclic amines) is 1. The number of hydrogen-bond acceptors (Lipinski definition) is 5. The number of carbonyl (C=O) groups is 1. The summed E-state index contributed by atoms with van der Waals surface area (Å²) in [7, 11) is 0. The van der Waals surface area contributed by atoms with Crippen molar-refractivity contribution in [2.24, 2.45) is 5.92 Å². The number of piperidine rings is 1. The molecule has 2 fully saturated rings. The predicted octanol–water partition coefficient (Wildman–Crippen LogP) is 3.86. The van der Waals surface area contributed by atoms with Crippen LogP contribution in [0.25, 0.3) is 0 Å². The second kappa shape index (κ2) is 11.3. The predicted molar refractivity (Wildman–Crippen MR) is 134 cm³/mol. The number of urea groups is 1. The number of aromatic nitrogens is 1. The maximum Gasteiger partial charge on any atom is 0.318 e. The number of nitrogens with zero attached hydrogens (tertiary/aromatic N) is 5. The van der Waals surface area contributed by atoms with E-state index in [4.69, 9.17) is 5.26 Å². The second-order valence-corrected chi connectivity index (χ2v) is 9.75. The van der Waals surface area contributed by atoms with Gasteiger partial charge in [0, 0.05) is 44.5 Å². The van der Waals surface area contributed by atoms with Crippen LogP contribution in [0.2, 0.25) is 0 Å². The van der Waals surface area contributed by atoms with Gasteiger partial charge in [-0.25, -0.2) is 9.78 Å². The fourth-order valence-electron chi connectivity index (χ4n) is 5.30. The van der Waals surface area contributed by atoms with Crippen molar-refractivity contribution in [3.63, 3.8) is 0 Å². The number of nitriles is 1. The van der Waals surface area contributed by atoms with Crippen molar-refractivity contribution in [2.45, 2.75) is 51.7 Å². The van der Waals surface area contributed by atoms with Crippen molar-refractivity contribution >= 4 is 11.8 Å². The molecular formula is C27H36N6O. The van der Waals surface area contributed by atoms with Gasteiger partial charge in [0.2, 0.25) is 0 Å². The van der Waals surface area contributed by atoms with Crippen molar-refractivity contribution in [1.82, 2.24) is 20.1 Å². The first-order chi connectivity index (χ1) is 16.5. The topological polar surface area (TPSA) is 75.5 Å². The molecule has 4 rings (SSSR count). The summed E-state index contributed by atoms with van der Waals surface area (Å²) in [6, 6.07) is 16.7. The molecule has 2 aliphatic heterocycles. The number of benzene rings is 1. The highest BCUT2D eigenvalue weighted by molar-refractivity contribution is 5.75. The fourth-order valence-corrected chi connectivity index (χ4v) is 5.30. The molecule has 0 aliphatic carbocycles. The molecule has 7 nitrogen and oxygen atoms in total. The molecule has 2 saturated heterocycles. The van der Waals surface area contributed by atoms with Gasteiger partial charge < -0.3 is 15.1 Å². The molecule has 180 valence electrons. The van der Waals surface area contributed by atoms with Crippen LogP contribution in [0, 0.1) is 17.2 Å². The lowest BCUT2D eigenvalue weighted by atomic mass is 9.93. The van der Waals surface area contributed by atoms with E-state index in [0.29, 0.717) is 11.5 Å². The van der Waals surface area contributed by atoms with E-state index in [2.05, 4.69) is 70.3 Å². The number of rotatable bonds is 6. The number of piperazine rings is 1. The van der Waals surface area contributed by atoms with Crippen molar-refractivity contribution < 1.29 is 4.79 Å². The zero-order valence-electron chi connectivity index (χ0n) is 20.4. The number of pyridine rings is 1. The summed E-state index contributed by atoms with van der Waals surface area (Å²) in [6.07, 6.45) is 5.05. The number of nitrogens with one attached hydrogen (secondary N) is 1. The number of hydrogen-bond donors (Lipinski definition) is 1. The van der Waals surface area contributed by atoms with Gasteiger partial charge in [-0.05, 0) is 69.8 Å². The van der Waals surface area contributed by atoms with Crippen LogP contribution in [-0.2, 0) is 6.54 Å². The van der Waals surface area contributed by atoms with Crippen molar-refractivity contribution in [3.05, 3.63) is 59.8 Å². The van der Waals surface area contributed by atoms with Gasteiger partial charge in [-0.1, -0.05) is 30.3 Å². The maximum absolute atomic E-state index is 13.0. The molecule has 3 heterocycles. The number of anilines is 1. The first-order valence-electron chi connectivity index (χ1n) is 12.5. The molecule has 2 atom stereocenters. The monoisotopic (exact) mass is 460 g/mol. The minimum Gasteiger partial charge on any atom is -0.353 e. The van der Waals surface area contributed by atoms with Crippen molar-refractivity contribution in [2.75, 3.05) is 37.6 Å². The Kier molecular flexibility index (Phi) is 8.02. The zero-order chi connectivity index (χ0) is 23.9. The number of amides is 2. The zero-order valence-corrected chi connectivity index (χ0v) is 20.4. The molecule has 7 heteroatoms. The molecule has 2 amide bonds. The Morgan fingerprint density at radius 2 is 1.79 bits per heavy atom. The Morgan fingerprint density at radius 3 is 2.41 bits per heavy atom. The van der Waals surface area contributed by atoms with E-state index >= 15 is 0 Å². The van der Waals surface area contributed by atoms with Crippen LogP contribution in [0.4, 0.5) is 10.6 Å². The first-order valence-corrected chi connectivity index (χ1v) is 12.5. The van der Waals surface area contributed by atoms with E-state index in [0.717, 1.165) is 51.5 Å². The van der Waals surface area contributed by atoms with Gasteiger partial charge in [0.1, 0.15) is 11.9 Å². The Balaban J connectivity index is 1.19. The van der Waals surface area contributed by atoms with Crippen LogP contribution >= 0.6 is 0 Å². The SMILES string of the molecule is C[C@@H]1CN(c2ccc(C#N)cn2)C[C@@H](C)N1C(=O)NCCC1CCN(Cc2ccccc2)CC1. The van der Waals surface area contributed by atoms with Crippen LogP contribution in [-0.4, -0.2) is 65.6 Å². The van der Waals surface area contributed by atoms with Crippen LogP contribution < -0.4 is 10.2 Å². The van der Waals surface area contributed by atoms with E-state index in [9.17, 15) is 4.79 Å². The molecule has 0 bridgehead atoms. The summed E-state index contributed by atoms with van der Waals surface area (Å²) in [5.74, 6) is 1.54. The lowest BCUT2D eigenvalue weighted by Gasteiger charge is -2.44. The fraction of sp³-hybridized carbons (Fsp3) is 0.519. The largest absolute Gasteiger partial charge is 0.353 e. The normalized spacial score (nSPS) is 21.8. The van der Waals surface area contributed by atoms with Gasteiger partial charge in [0.15, 0.2) is 0 Å². The molecule has 34 heavy (non-hydrogen) atoms.